The standard InChI is InChI=1S/C20H26F2N4O4S/c1-12-11-31-19(23-12)17-25-16(24-13-6-8-20(21,22)9-7-13)15(29-3)18(26-17)30-10-4-5-14(27)28-2/h11,13H,4-10H2,1-3H3,(H,24,25,26). The summed E-state index contributed by atoms with van der Waals surface area (Å²) >= 11 is 1.39. The zero-order valence-electron chi connectivity index (χ0n) is 17.7. The molecule has 0 spiro atoms. The average molecular weight is 457 g/mol. The number of hydrogen-bond acceptors (Lipinski definition) is 9. The summed E-state index contributed by atoms with van der Waals surface area (Å²) in [6.07, 6.45) is 0.944. The molecule has 8 nitrogen and oxygen atoms in total. The predicted molar refractivity (Wildman–Crippen MR) is 112 cm³/mol. The largest absolute Gasteiger partial charge is 0.489 e. The van der Waals surface area contributed by atoms with Crippen LogP contribution in [0.15, 0.2) is 5.38 Å². The van der Waals surface area contributed by atoms with Gasteiger partial charge in [0.15, 0.2) is 16.6 Å². The minimum Gasteiger partial charge on any atom is -0.489 e. The molecule has 2 aromatic heterocycles. The van der Waals surface area contributed by atoms with E-state index >= 15 is 0 Å². The first-order chi connectivity index (χ1) is 14.8. The highest BCUT2D eigenvalue weighted by Crippen LogP contribution is 2.39. The number of halogens is 2. The van der Waals surface area contributed by atoms with E-state index in [9.17, 15) is 13.6 Å². The molecular weight excluding hydrogens is 430 g/mol. The molecule has 2 heterocycles. The van der Waals surface area contributed by atoms with Crippen molar-refractivity contribution in [2.24, 2.45) is 0 Å². The number of carbonyl (C=O) groups excluding carboxylic acids is 1. The van der Waals surface area contributed by atoms with Gasteiger partial charge < -0.3 is 19.5 Å². The molecule has 31 heavy (non-hydrogen) atoms. The molecule has 11 heteroatoms. The SMILES string of the molecule is COC(=O)CCCOc1nc(-c2nc(C)cs2)nc(NC2CCC(F)(F)CC2)c1OC. The zero-order chi connectivity index (χ0) is 22.4. The third-order valence-corrected chi connectivity index (χ3v) is 5.85. The van der Waals surface area contributed by atoms with Crippen LogP contribution in [0.25, 0.3) is 10.8 Å². The Bertz CT molecular complexity index is 899. The van der Waals surface area contributed by atoms with Crippen molar-refractivity contribution in [2.75, 3.05) is 26.1 Å². The number of nitrogens with one attached hydrogen (secondary N) is 1. The summed E-state index contributed by atoms with van der Waals surface area (Å²) in [4.78, 5) is 24.7. The minimum absolute atomic E-state index is 0.165. The molecular formula is C20H26F2N4O4S. The van der Waals surface area contributed by atoms with E-state index in [-0.39, 0.29) is 49.5 Å². The van der Waals surface area contributed by atoms with E-state index < -0.39 is 5.92 Å². The Labute approximate surface area is 183 Å². The Hall–Kier alpha value is -2.56. The van der Waals surface area contributed by atoms with Gasteiger partial charge in [-0.1, -0.05) is 0 Å². The average Bonchev–Trinajstić information content (AvgIpc) is 3.18. The van der Waals surface area contributed by atoms with Crippen LogP contribution in [0.3, 0.4) is 0 Å². The van der Waals surface area contributed by atoms with Crippen LogP contribution < -0.4 is 14.8 Å². The number of thiazole rings is 1. The van der Waals surface area contributed by atoms with Gasteiger partial charge >= 0.3 is 5.97 Å². The van der Waals surface area contributed by atoms with Crippen LogP contribution in [-0.4, -0.2) is 53.7 Å². The normalized spacial score (nSPS) is 16.0. The molecule has 0 radical (unpaired) electrons. The highest BCUT2D eigenvalue weighted by Gasteiger charge is 2.35. The summed E-state index contributed by atoms with van der Waals surface area (Å²) in [5.74, 6) is -1.73. The molecule has 0 bridgehead atoms. The van der Waals surface area contributed by atoms with E-state index in [1.54, 1.807) is 0 Å². The lowest BCUT2D eigenvalue weighted by Crippen LogP contribution is -2.32. The van der Waals surface area contributed by atoms with Crippen LogP contribution in [0.2, 0.25) is 0 Å². The number of aromatic nitrogens is 3. The number of hydrogen-bond donors (Lipinski definition) is 1. The molecule has 2 aromatic rings. The zero-order valence-corrected chi connectivity index (χ0v) is 18.6. The van der Waals surface area contributed by atoms with Crippen molar-refractivity contribution in [1.82, 2.24) is 15.0 Å². The first-order valence-corrected chi connectivity index (χ1v) is 10.9. The molecule has 3 rings (SSSR count). The molecule has 0 unspecified atom stereocenters. The monoisotopic (exact) mass is 456 g/mol. The van der Waals surface area contributed by atoms with Crippen LogP contribution in [0.4, 0.5) is 14.6 Å². The molecule has 0 atom stereocenters. The van der Waals surface area contributed by atoms with Gasteiger partial charge in [-0.15, -0.1) is 11.3 Å². The number of esters is 1. The first kappa shape index (κ1) is 23.1. The number of alkyl halides is 2. The molecule has 1 aliphatic rings. The molecule has 0 amide bonds. The predicted octanol–water partition coefficient (Wildman–Crippen LogP) is 4.24. The van der Waals surface area contributed by atoms with Crippen LogP contribution in [0.1, 0.15) is 44.2 Å². The number of aryl methyl sites for hydroxylation is 1. The third-order valence-electron chi connectivity index (χ3n) is 4.90. The number of ether oxygens (including phenoxy) is 3. The molecule has 1 N–H and O–H groups in total. The number of nitrogens with zero attached hydrogens (tertiary/aromatic N) is 3. The molecule has 170 valence electrons. The third kappa shape index (κ3) is 6.22. The smallest absolute Gasteiger partial charge is 0.305 e. The van der Waals surface area contributed by atoms with Gasteiger partial charge in [-0.2, -0.15) is 4.98 Å². The van der Waals surface area contributed by atoms with E-state index in [0.29, 0.717) is 35.9 Å². The van der Waals surface area contributed by atoms with Gasteiger partial charge in [-0.25, -0.2) is 18.7 Å². The van der Waals surface area contributed by atoms with Crippen LogP contribution in [0.5, 0.6) is 11.6 Å². The number of carbonyl (C=O) groups is 1. The first-order valence-electron chi connectivity index (χ1n) is 10.0. The highest BCUT2D eigenvalue weighted by atomic mass is 32.1. The molecule has 1 aliphatic carbocycles. The van der Waals surface area contributed by atoms with Crippen LogP contribution in [0, 0.1) is 6.92 Å². The van der Waals surface area contributed by atoms with Crippen molar-refractivity contribution in [3.8, 4) is 22.5 Å². The second-order valence-corrected chi connectivity index (χ2v) is 8.19. The quantitative estimate of drug-likeness (QED) is 0.442. The Morgan fingerprint density at radius 1 is 1.26 bits per heavy atom. The second kappa shape index (κ2) is 10.2. The Balaban J connectivity index is 1.83. The molecule has 0 aromatic carbocycles. The second-order valence-electron chi connectivity index (χ2n) is 7.33. The fourth-order valence-corrected chi connectivity index (χ4v) is 3.96. The van der Waals surface area contributed by atoms with Gasteiger partial charge in [-0.3, -0.25) is 4.79 Å². The van der Waals surface area contributed by atoms with Crippen LogP contribution in [-0.2, 0) is 9.53 Å². The molecule has 1 fully saturated rings. The van der Waals surface area contributed by atoms with E-state index in [1.165, 1.54) is 25.6 Å². The summed E-state index contributed by atoms with van der Waals surface area (Å²) < 4.78 is 43.0. The van der Waals surface area contributed by atoms with Crippen molar-refractivity contribution in [3.63, 3.8) is 0 Å². The number of rotatable bonds is 9. The molecule has 1 saturated carbocycles. The van der Waals surface area contributed by atoms with E-state index in [2.05, 4.69) is 25.0 Å². The summed E-state index contributed by atoms with van der Waals surface area (Å²) in [6, 6.07) is -0.165. The van der Waals surface area contributed by atoms with Crippen molar-refractivity contribution in [2.45, 2.75) is 57.4 Å². The Morgan fingerprint density at radius 3 is 2.61 bits per heavy atom. The van der Waals surface area contributed by atoms with Gasteiger partial charge in [0.2, 0.25) is 11.7 Å². The maximum Gasteiger partial charge on any atom is 0.305 e. The van der Waals surface area contributed by atoms with Crippen LogP contribution >= 0.6 is 11.3 Å². The summed E-state index contributed by atoms with van der Waals surface area (Å²) in [5.41, 5.74) is 0.837. The van der Waals surface area contributed by atoms with Crippen molar-refractivity contribution in [3.05, 3.63) is 11.1 Å². The van der Waals surface area contributed by atoms with Gasteiger partial charge in [-0.05, 0) is 26.2 Å². The van der Waals surface area contributed by atoms with Gasteiger partial charge in [0.05, 0.1) is 20.8 Å². The summed E-state index contributed by atoms with van der Waals surface area (Å²) in [5, 5.41) is 5.72. The lowest BCUT2D eigenvalue weighted by Gasteiger charge is -2.29. The van der Waals surface area contributed by atoms with Crippen molar-refractivity contribution in [1.29, 1.82) is 0 Å². The van der Waals surface area contributed by atoms with Gasteiger partial charge in [0.25, 0.3) is 5.88 Å². The lowest BCUT2D eigenvalue weighted by molar-refractivity contribution is -0.140. The number of anilines is 1. The highest BCUT2D eigenvalue weighted by molar-refractivity contribution is 7.13. The van der Waals surface area contributed by atoms with Crippen molar-refractivity contribution < 1.29 is 27.8 Å². The maximum absolute atomic E-state index is 13.5. The Morgan fingerprint density at radius 2 is 2.00 bits per heavy atom. The maximum atomic E-state index is 13.5. The van der Waals surface area contributed by atoms with E-state index in [0.717, 1.165) is 5.69 Å². The summed E-state index contributed by atoms with van der Waals surface area (Å²) in [6.45, 7) is 2.09. The topological polar surface area (TPSA) is 95.5 Å². The summed E-state index contributed by atoms with van der Waals surface area (Å²) in [7, 11) is 2.80. The number of methoxy groups -OCH3 is 2. The van der Waals surface area contributed by atoms with Crippen molar-refractivity contribution >= 4 is 23.1 Å². The lowest BCUT2D eigenvalue weighted by atomic mass is 9.92. The van der Waals surface area contributed by atoms with E-state index in [1.807, 2.05) is 12.3 Å². The van der Waals surface area contributed by atoms with Gasteiger partial charge in [0, 0.05) is 36.4 Å². The minimum atomic E-state index is -2.62. The van der Waals surface area contributed by atoms with E-state index in [4.69, 9.17) is 9.47 Å². The molecule has 0 aliphatic heterocycles. The van der Waals surface area contributed by atoms with Gasteiger partial charge in [0.1, 0.15) is 0 Å². The Kier molecular flexibility index (Phi) is 7.58. The molecule has 0 saturated heterocycles. The fraction of sp³-hybridized carbons (Fsp3) is 0.600. The fourth-order valence-electron chi connectivity index (χ4n) is 3.23.